The van der Waals surface area contributed by atoms with Gasteiger partial charge >= 0.3 is 5.97 Å². The molecule has 2 aliphatic rings. The summed E-state index contributed by atoms with van der Waals surface area (Å²) in [6.07, 6.45) is 0. The molecule has 0 saturated heterocycles. The van der Waals surface area contributed by atoms with Gasteiger partial charge in [0.2, 0.25) is 5.84 Å². The molecule has 2 aliphatic heterocycles. The van der Waals surface area contributed by atoms with Crippen LogP contribution < -0.4 is 0 Å². The molecule has 10 heteroatoms. The fourth-order valence-corrected chi connectivity index (χ4v) is 3.20. The number of aliphatic imine (C=N–C) groups is 3. The Bertz CT molecular complexity index is 524. The first-order valence-corrected chi connectivity index (χ1v) is 6.57. The molecular formula is C8H8N6O2S2. The number of carboxylic acid groups (broad SMARTS) is 1. The van der Waals surface area contributed by atoms with Crippen molar-refractivity contribution in [2.45, 2.75) is 6.04 Å². The maximum Gasteiger partial charge on any atom is 0.329 e. The van der Waals surface area contributed by atoms with Crippen molar-refractivity contribution in [3.8, 4) is 0 Å². The van der Waals surface area contributed by atoms with Crippen LogP contribution in [-0.2, 0) is 4.79 Å². The van der Waals surface area contributed by atoms with Crippen molar-refractivity contribution in [3.05, 3.63) is 0 Å². The van der Waals surface area contributed by atoms with Gasteiger partial charge in [0, 0.05) is 12.8 Å². The molecule has 0 aromatic heterocycles. The van der Waals surface area contributed by atoms with Crippen molar-refractivity contribution in [1.29, 1.82) is 5.53 Å². The first-order chi connectivity index (χ1) is 8.65. The van der Waals surface area contributed by atoms with E-state index in [1.165, 1.54) is 23.5 Å². The number of hydrogen-bond acceptors (Lipinski definition) is 7. The van der Waals surface area contributed by atoms with Gasteiger partial charge < -0.3 is 5.11 Å². The summed E-state index contributed by atoms with van der Waals surface area (Å²) in [5, 5.41) is 17.0. The lowest BCUT2D eigenvalue weighted by Gasteiger charge is -1.94. The molecule has 1 unspecified atom stereocenters. The van der Waals surface area contributed by atoms with E-state index in [2.05, 4.69) is 25.3 Å². The number of amidine groups is 1. The van der Waals surface area contributed by atoms with Gasteiger partial charge in [-0.05, 0) is 11.8 Å². The topological polar surface area (TPSA) is 123 Å². The lowest BCUT2D eigenvalue weighted by atomic mass is 10.4. The average molecular weight is 284 g/mol. The summed E-state index contributed by atoms with van der Waals surface area (Å²) in [5.41, 5.74) is 6.69. The lowest BCUT2D eigenvalue weighted by molar-refractivity contribution is -0.137. The predicted molar refractivity (Wildman–Crippen MR) is 72.3 cm³/mol. The second-order valence-corrected chi connectivity index (χ2v) is 5.16. The van der Waals surface area contributed by atoms with E-state index < -0.39 is 12.0 Å². The molecule has 0 aliphatic carbocycles. The lowest BCUT2D eigenvalue weighted by Crippen LogP contribution is -2.17. The Morgan fingerprint density at radius 3 is 2.89 bits per heavy atom. The van der Waals surface area contributed by atoms with Gasteiger partial charge in [0.15, 0.2) is 6.04 Å². The van der Waals surface area contributed by atoms with Crippen molar-refractivity contribution in [3.63, 3.8) is 0 Å². The number of aliphatic carboxylic acids is 1. The number of thioether (sulfide) groups is 2. The van der Waals surface area contributed by atoms with Crippen LogP contribution >= 0.6 is 23.5 Å². The Kier molecular flexibility index (Phi) is 3.87. The van der Waals surface area contributed by atoms with Gasteiger partial charge in [0.25, 0.3) is 0 Å². The highest BCUT2D eigenvalue weighted by molar-refractivity contribution is 8.34. The third kappa shape index (κ3) is 2.48. The Hall–Kier alpha value is -1.55. The van der Waals surface area contributed by atoms with E-state index in [0.29, 0.717) is 20.9 Å². The van der Waals surface area contributed by atoms with Gasteiger partial charge in [0.05, 0.1) is 0 Å². The Morgan fingerprint density at radius 1 is 1.56 bits per heavy atom. The minimum absolute atomic E-state index is 0.259. The van der Waals surface area contributed by atoms with E-state index >= 15 is 0 Å². The summed E-state index contributed by atoms with van der Waals surface area (Å²) in [6, 6.07) is -0.725. The zero-order valence-corrected chi connectivity index (χ0v) is 10.8. The van der Waals surface area contributed by atoms with Gasteiger partial charge in [0.1, 0.15) is 15.1 Å². The summed E-state index contributed by atoms with van der Waals surface area (Å²) in [5.74, 6) is -0.284. The zero-order valence-electron chi connectivity index (χ0n) is 9.19. The van der Waals surface area contributed by atoms with Crippen LogP contribution in [0.1, 0.15) is 0 Å². The van der Waals surface area contributed by atoms with E-state index in [0.717, 1.165) is 0 Å². The smallest absolute Gasteiger partial charge is 0.329 e. The molecule has 0 bridgehead atoms. The van der Waals surface area contributed by atoms with Crippen molar-refractivity contribution in [2.24, 2.45) is 25.3 Å². The molecule has 2 N–H and O–H groups in total. The van der Waals surface area contributed by atoms with Crippen LogP contribution in [0.4, 0.5) is 0 Å². The van der Waals surface area contributed by atoms with Crippen molar-refractivity contribution < 1.29 is 9.90 Å². The van der Waals surface area contributed by atoms with E-state index in [1.54, 1.807) is 7.05 Å². The monoisotopic (exact) mass is 284 g/mol. The summed E-state index contributed by atoms with van der Waals surface area (Å²) in [4.78, 5) is 23.0. The number of carboxylic acids is 1. The Balaban J connectivity index is 2.24. The van der Waals surface area contributed by atoms with Gasteiger partial charge in [-0.3, -0.25) is 9.98 Å². The first-order valence-electron chi connectivity index (χ1n) is 4.77. The van der Waals surface area contributed by atoms with E-state index in [9.17, 15) is 4.79 Å². The quantitative estimate of drug-likeness (QED) is 0.595. The number of rotatable bonds is 3. The molecule has 0 aromatic carbocycles. The maximum absolute atomic E-state index is 10.8. The van der Waals surface area contributed by atoms with Gasteiger partial charge in [-0.2, -0.15) is 5.53 Å². The second kappa shape index (κ2) is 5.40. The molecule has 0 amide bonds. The normalized spacial score (nSPS) is 27.5. The van der Waals surface area contributed by atoms with Crippen molar-refractivity contribution in [2.75, 3.05) is 12.8 Å². The predicted octanol–water partition coefficient (Wildman–Crippen LogP) is 1.10. The van der Waals surface area contributed by atoms with E-state index in [-0.39, 0.29) is 5.84 Å². The molecule has 18 heavy (non-hydrogen) atoms. The molecule has 0 saturated carbocycles. The number of hydrogen-bond donors (Lipinski definition) is 2. The van der Waals surface area contributed by atoms with Crippen LogP contribution in [0.25, 0.3) is 0 Å². The SMILES string of the molecule is CN=C1SC(C2=NC(C(=O)O)CS2)=N/C1=N/N=N. The Labute approximate surface area is 110 Å². The van der Waals surface area contributed by atoms with E-state index in [4.69, 9.17) is 10.6 Å². The van der Waals surface area contributed by atoms with Gasteiger partial charge in [-0.25, -0.2) is 9.79 Å². The second-order valence-electron chi connectivity index (χ2n) is 3.17. The fraction of sp³-hybridized carbons (Fsp3) is 0.375. The molecule has 94 valence electrons. The minimum Gasteiger partial charge on any atom is -0.480 e. The van der Waals surface area contributed by atoms with Crippen LogP contribution in [0.2, 0.25) is 0 Å². The first kappa shape index (κ1) is 12.9. The van der Waals surface area contributed by atoms with Gasteiger partial charge in [-0.1, -0.05) is 5.22 Å². The molecule has 0 spiro atoms. The number of carbonyl (C=O) groups is 1. The van der Waals surface area contributed by atoms with Crippen LogP contribution in [-0.4, -0.2) is 50.9 Å². The third-order valence-corrected chi connectivity index (χ3v) is 4.28. The minimum atomic E-state index is -0.944. The highest BCUT2D eigenvalue weighted by atomic mass is 32.2. The zero-order chi connectivity index (χ0) is 13.1. The standard InChI is InChI=1S/C8H8N6O2S2/c1-10-5-4(13-14-9)12-7(18-5)6-11-3(2-17-6)8(15)16/h3,9H,2H2,1H3,(H,15,16)/b10-5?,13-4+,14-9?. The molecule has 0 aromatic rings. The average Bonchev–Trinajstić information content (AvgIpc) is 2.94. The molecule has 2 heterocycles. The summed E-state index contributed by atoms with van der Waals surface area (Å²) in [7, 11) is 1.59. The van der Waals surface area contributed by atoms with Crippen molar-refractivity contribution >= 4 is 50.5 Å². The molecule has 1 atom stereocenters. The van der Waals surface area contributed by atoms with E-state index in [1.807, 2.05) is 0 Å². The van der Waals surface area contributed by atoms with Crippen LogP contribution in [0.3, 0.4) is 0 Å². The van der Waals surface area contributed by atoms with Crippen LogP contribution in [0.15, 0.2) is 25.3 Å². The maximum atomic E-state index is 10.8. The largest absolute Gasteiger partial charge is 0.480 e. The molecular weight excluding hydrogens is 276 g/mol. The molecule has 8 nitrogen and oxygen atoms in total. The summed E-state index contributed by atoms with van der Waals surface area (Å²) >= 11 is 2.59. The third-order valence-electron chi connectivity index (χ3n) is 2.06. The highest BCUT2D eigenvalue weighted by Gasteiger charge is 2.31. The molecule has 0 fully saturated rings. The summed E-state index contributed by atoms with van der Waals surface area (Å²) in [6.45, 7) is 0. The van der Waals surface area contributed by atoms with Gasteiger partial charge in [-0.15, -0.1) is 16.9 Å². The Morgan fingerprint density at radius 2 is 2.33 bits per heavy atom. The molecule has 0 radical (unpaired) electrons. The number of nitrogens with one attached hydrogen (secondary N) is 1. The highest BCUT2D eigenvalue weighted by Crippen LogP contribution is 2.28. The van der Waals surface area contributed by atoms with Crippen LogP contribution in [0.5, 0.6) is 0 Å². The fourth-order valence-electron chi connectivity index (χ4n) is 1.27. The van der Waals surface area contributed by atoms with Crippen LogP contribution in [0, 0.1) is 5.53 Å². The van der Waals surface area contributed by atoms with Crippen molar-refractivity contribution in [1.82, 2.24) is 0 Å². The number of nitrogens with zero attached hydrogens (tertiary/aromatic N) is 5. The summed E-state index contributed by atoms with van der Waals surface area (Å²) < 4.78 is 0. The molecule has 2 rings (SSSR count).